The second-order valence-corrected chi connectivity index (χ2v) is 4.41. The van der Waals surface area contributed by atoms with Gasteiger partial charge < -0.3 is 0 Å². The lowest BCUT2D eigenvalue weighted by molar-refractivity contribution is 1.95. The first-order valence-corrected chi connectivity index (χ1v) is 4.51. The molecule has 1 aromatic rings. The molecule has 0 aliphatic heterocycles. The van der Waals surface area contributed by atoms with E-state index in [0.717, 1.165) is 4.34 Å². The van der Waals surface area contributed by atoms with Crippen LogP contribution in [0, 0.1) is 0 Å². The van der Waals surface area contributed by atoms with E-state index in [1.165, 1.54) is 0 Å². The predicted molar refractivity (Wildman–Crippen MR) is 39.8 cm³/mol. The quantitative estimate of drug-likeness (QED) is 0.445. The third-order valence-electron chi connectivity index (χ3n) is 0.838. The van der Waals surface area contributed by atoms with Crippen LogP contribution >= 0.6 is 33.7 Å². The standard InChI is InChI=1S/C5H5Cl2S/c6-4-8-3-1-2-5(8)7/h1-3H,4H2/q+1. The summed E-state index contributed by atoms with van der Waals surface area (Å²) >= 11 is 11.2. The van der Waals surface area contributed by atoms with Gasteiger partial charge in [-0.25, -0.2) is 0 Å². The zero-order valence-corrected chi connectivity index (χ0v) is 6.43. The van der Waals surface area contributed by atoms with E-state index < -0.39 is 0 Å². The van der Waals surface area contributed by atoms with Gasteiger partial charge in [0, 0.05) is 16.5 Å². The van der Waals surface area contributed by atoms with Gasteiger partial charge in [0.15, 0.2) is 0 Å². The Morgan fingerprint density at radius 1 is 1.62 bits per heavy atom. The molecule has 1 unspecified atom stereocenters. The molecule has 8 heavy (non-hydrogen) atoms. The highest BCUT2D eigenvalue weighted by atomic mass is 35.5. The average molecular weight is 168 g/mol. The van der Waals surface area contributed by atoms with Gasteiger partial charge in [0.2, 0.25) is 9.55 Å². The zero-order valence-electron chi connectivity index (χ0n) is 4.10. The summed E-state index contributed by atoms with van der Waals surface area (Å²) < 4.78 is 0.875. The highest BCUT2D eigenvalue weighted by Crippen LogP contribution is 2.31. The lowest BCUT2D eigenvalue weighted by atomic mass is 10.7. The number of halogens is 2. The summed E-state index contributed by atoms with van der Waals surface area (Å²) in [4.78, 5) is 0. The first-order chi connectivity index (χ1) is 3.84. The van der Waals surface area contributed by atoms with Gasteiger partial charge in [-0.2, -0.15) is 0 Å². The summed E-state index contributed by atoms with van der Waals surface area (Å²) in [5.41, 5.74) is 0. The third kappa shape index (κ3) is 1.16. The third-order valence-corrected chi connectivity index (χ3v) is 3.62. The number of thiophene rings is 1. The van der Waals surface area contributed by atoms with Crippen LogP contribution in [0.2, 0.25) is 4.34 Å². The van der Waals surface area contributed by atoms with E-state index in [2.05, 4.69) is 0 Å². The Labute approximate surface area is 61.0 Å². The Morgan fingerprint density at radius 3 is 2.62 bits per heavy atom. The monoisotopic (exact) mass is 167 g/mol. The molecule has 44 valence electrons. The van der Waals surface area contributed by atoms with Crippen LogP contribution in [0.4, 0.5) is 0 Å². The van der Waals surface area contributed by atoms with Gasteiger partial charge in [-0.15, -0.1) is 0 Å². The van der Waals surface area contributed by atoms with Gasteiger partial charge in [-0.3, -0.25) is 0 Å². The van der Waals surface area contributed by atoms with Gasteiger partial charge in [-0.1, -0.05) is 11.6 Å². The lowest BCUT2D eigenvalue weighted by Crippen LogP contribution is -1.51. The van der Waals surface area contributed by atoms with Crippen molar-refractivity contribution in [1.29, 1.82) is 0 Å². The Hall–Kier alpha value is 0.280. The van der Waals surface area contributed by atoms with E-state index in [1.54, 1.807) is 0 Å². The molecular formula is C5H5Cl2S+. The minimum absolute atomic E-state index is 0.0324. The maximum absolute atomic E-state index is 5.70. The van der Waals surface area contributed by atoms with Crippen molar-refractivity contribution in [2.75, 3.05) is 0 Å². The minimum Gasteiger partial charge on any atom is -0.0627 e. The summed E-state index contributed by atoms with van der Waals surface area (Å²) in [7, 11) is 0.0324. The van der Waals surface area contributed by atoms with Crippen molar-refractivity contribution in [3.05, 3.63) is 21.8 Å². The van der Waals surface area contributed by atoms with Crippen LogP contribution in [0.1, 0.15) is 0 Å². The van der Waals surface area contributed by atoms with E-state index >= 15 is 0 Å². The second-order valence-electron chi connectivity index (χ2n) is 1.34. The molecule has 0 aromatic carbocycles. The van der Waals surface area contributed by atoms with Crippen LogP contribution < -0.4 is 0 Å². The van der Waals surface area contributed by atoms with Gasteiger partial charge in [0.05, 0.1) is 0 Å². The van der Waals surface area contributed by atoms with Crippen LogP contribution in [-0.2, 0) is 5.21 Å². The highest BCUT2D eigenvalue weighted by molar-refractivity contribution is 7.34. The Bertz CT molecular complexity index is 171. The Balaban J connectivity index is 2.92. The van der Waals surface area contributed by atoms with Crippen molar-refractivity contribution in [1.82, 2.24) is 0 Å². The molecule has 1 rings (SSSR count). The zero-order chi connectivity index (χ0) is 5.98. The fraction of sp³-hybridized carbons (Fsp3) is 0.200. The van der Waals surface area contributed by atoms with Crippen LogP contribution in [0.5, 0.6) is 0 Å². The molecule has 0 radical (unpaired) electrons. The summed E-state index contributed by atoms with van der Waals surface area (Å²) in [5.74, 6) is 0. The van der Waals surface area contributed by atoms with E-state index in [-0.39, 0.29) is 10.5 Å². The van der Waals surface area contributed by atoms with Crippen molar-refractivity contribution in [3.63, 3.8) is 0 Å². The van der Waals surface area contributed by atoms with Crippen LogP contribution in [0.3, 0.4) is 0 Å². The van der Waals surface area contributed by atoms with E-state index in [4.69, 9.17) is 23.2 Å². The molecule has 0 spiro atoms. The van der Waals surface area contributed by atoms with Gasteiger partial charge in [0.1, 0.15) is 5.38 Å². The van der Waals surface area contributed by atoms with Crippen LogP contribution in [0.25, 0.3) is 0 Å². The molecule has 1 aromatic heterocycles. The molecule has 0 amide bonds. The molecule has 0 aliphatic carbocycles. The molecule has 0 aliphatic rings. The summed E-state index contributed by atoms with van der Waals surface area (Å²) in [6, 6.07) is 3.82. The fourth-order valence-electron chi connectivity index (χ4n) is 0.451. The first kappa shape index (κ1) is 6.40. The van der Waals surface area contributed by atoms with Crippen molar-refractivity contribution in [2.24, 2.45) is 0 Å². The average Bonchev–Trinajstić information content (AvgIpc) is 2.14. The molecule has 1 atom stereocenters. The van der Waals surface area contributed by atoms with Crippen molar-refractivity contribution in [2.45, 2.75) is 5.21 Å². The summed E-state index contributed by atoms with van der Waals surface area (Å²) in [6.07, 6.45) is 0. The molecular weight excluding hydrogens is 163 g/mol. The van der Waals surface area contributed by atoms with Crippen molar-refractivity contribution in [3.8, 4) is 0 Å². The number of rotatable bonds is 1. The smallest absolute Gasteiger partial charge is 0.0627 e. The first-order valence-electron chi connectivity index (χ1n) is 2.14. The topological polar surface area (TPSA) is 0 Å². The molecule has 0 saturated heterocycles. The molecule has 0 N–H and O–H groups in total. The maximum atomic E-state index is 5.70. The van der Waals surface area contributed by atoms with Gasteiger partial charge in [-0.05, 0) is 17.7 Å². The van der Waals surface area contributed by atoms with Crippen LogP contribution in [-0.4, -0.2) is 0 Å². The minimum atomic E-state index is 0.0324. The van der Waals surface area contributed by atoms with E-state index in [0.29, 0.717) is 5.21 Å². The number of hydrogen-bond donors (Lipinski definition) is 0. The lowest BCUT2D eigenvalue weighted by Gasteiger charge is -1.74. The molecule has 1 heterocycles. The largest absolute Gasteiger partial charge is 0.242 e. The molecule has 0 saturated carbocycles. The van der Waals surface area contributed by atoms with Gasteiger partial charge >= 0.3 is 0 Å². The van der Waals surface area contributed by atoms with Crippen molar-refractivity contribution < 1.29 is 0 Å². The van der Waals surface area contributed by atoms with Crippen molar-refractivity contribution >= 4 is 33.7 Å². The molecule has 3 heteroatoms. The SMILES string of the molecule is ClC[s+]1cccc1Cl. The fourth-order valence-corrected chi connectivity index (χ4v) is 2.41. The number of alkyl halides is 1. The van der Waals surface area contributed by atoms with Gasteiger partial charge in [0.25, 0.3) is 0 Å². The second kappa shape index (κ2) is 2.72. The molecule has 0 fully saturated rings. The number of hydrogen-bond acceptors (Lipinski definition) is 0. The molecule has 0 bridgehead atoms. The van der Waals surface area contributed by atoms with E-state index in [1.807, 2.05) is 17.5 Å². The maximum Gasteiger partial charge on any atom is 0.242 e. The normalized spacial score (nSPS) is 12.0. The summed E-state index contributed by atoms with van der Waals surface area (Å²) in [6.45, 7) is 0. The molecule has 0 nitrogen and oxygen atoms in total. The Morgan fingerprint density at radius 2 is 2.38 bits per heavy atom. The Kier molecular flexibility index (Phi) is 2.17. The van der Waals surface area contributed by atoms with Crippen LogP contribution in [0.15, 0.2) is 17.5 Å². The highest BCUT2D eigenvalue weighted by Gasteiger charge is 2.06. The predicted octanol–water partition coefficient (Wildman–Crippen LogP) is 3.29. The van der Waals surface area contributed by atoms with E-state index in [9.17, 15) is 0 Å². The summed E-state index contributed by atoms with van der Waals surface area (Å²) in [5, 5.41) is 2.64.